The fraction of sp³-hybridized carbons (Fsp3) is 0. The van der Waals surface area contributed by atoms with E-state index in [-0.39, 0.29) is 10.8 Å². The van der Waals surface area contributed by atoms with Crippen molar-refractivity contribution in [2.45, 2.75) is 4.90 Å². The van der Waals surface area contributed by atoms with E-state index in [2.05, 4.69) is 20.1 Å². The summed E-state index contributed by atoms with van der Waals surface area (Å²) in [5.41, 5.74) is 3.04. The number of sulfonamides is 1. The molecular weight excluding hydrogens is 242 g/mol. The van der Waals surface area contributed by atoms with E-state index in [1.807, 2.05) is 0 Å². The van der Waals surface area contributed by atoms with Gasteiger partial charge in [-0.1, -0.05) is 0 Å². The molecule has 5 N–H and O–H groups in total. The lowest BCUT2D eigenvalue weighted by Crippen LogP contribution is -2.14. The maximum atomic E-state index is 11.9. The summed E-state index contributed by atoms with van der Waals surface area (Å²) in [5.74, 6) is 5.36. The molecule has 17 heavy (non-hydrogen) atoms. The van der Waals surface area contributed by atoms with Crippen LogP contribution in [0, 0.1) is 0 Å². The summed E-state index contributed by atoms with van der Waals surface area (Å²) in [7, 11) is -3.62. The van der Waals surface area contributed by atoms with Crippen LogP contribution in [0.3, 0.4) is 0 Å². The van der Waals surface area contributed by atoms with Crippen molar-refractivity contribution in [3.63, 3.8) is 0 Å². The molecule has 0 spiro atoms. The Labute approximate surface area is 98.1 Å². The van der Waals surface area contributed by atoms with Crippen LogP contribution in [0.5, 0.6) is 0 Å². The molecule has 8 heteroatoms. The van der Waals surface area contributed by atoms with Gasteiger partial charge in [0.25, 0.3) is 10.0 Å². The smallest absolute Gasteiger partial charge is 0.264 e. The molecule has 0 aliphatic rings. The normalized spacial score (nSPS) is 11.1. The minimum absolute atomic E-state index is 0.132. The highest BCUT2D eigenvalue weighted by atomic mass is 32.2. The second-order valence-corrected chi connectivity index (χ2v) is 4.89. The Morgan fingerprint density at radius 2 is 1.94 bits per heavy atom. The van der Waals surface area contributed by atoms with Crippen molar-refractivity contribution < 1.29 is 8.42 Å². The lowest BCUT2D eigenvalue weighted by Gasteiger charge is -2.06. The van der Waals surface area contributed by atoms with Gasteiger partial charge in [0.05, 0.1) is 4.90 Å². The molecule has 0 bridgehead atoms. The van der Waals surface area contributed by atoms with Gasteiger partial charge in [-0.15, -0.1) is 0 Å². The second kappa shape index (κ2) is 4.44. The number of hydrogen-bond acceptors (Lipinski definition) is 5. The molecule has 0 fully saturated rings. The van der Waals surface area contributed by atoms with E-state index in [1.165, 1.54) is 24.5 Å². The van der Waals surface area contributed by atoms with Crippen LogP contribution in [0.4, 0.5) is 11.6 Å². The summed E-state index contributed by atoms with van der Waals surface area (Å²) in [6.45, 7) is 0. The van der Waals surface area contributed by atoms with E-state index in [0.29, 0.717) is 5.69 Å². The summed E-state index contributed by atoms with van der Waals surface area (Å²) in [6.07, 6.45) is 2.98. The molecule has 0 saturated carbocycles. The predicted octanol–water partition coefficient (Wildman–Crippen LogP) is 0.496. The van der Waals surface area contributed by atoms with Gasteiger partial charge in [0.1, 0.15) is 0 Å². The first-order chi connectivity index (χ1) is 8.12. The number of H-pyrrole nitrogens is 1. The largest absolute Gasteiger partial charge is 0.330 e. The first kappa shape index (κ1) is 11.4. The molecule has 0 aliphatic carbocycles. The fourth-order valence-corrected chi connectivity index (χ4v) is 2.22. The van der Waals surface area contributed by atoms with Gasteiger partial charge in [0.2, 0.25) is 5.95 Å². The zero-order valence-corrected chi connectivity index (χ0v) is 9.53. The van der Waals surface area contributed by atoms with Crippen molar-refractivity contribution in [1.82, 2.24) is 9.97 Å². The molecule has 1 aromatic carbocycles. The van der Waals surface area contributed by atoms with Crippen molar-refractivity contribution in [3.8, 4) is 0 Å². The summed E-state index contributed by atoms with van der Waals surface area (Å²) in [6, 6.07) is 6.02. The van der Waals surface area contributed by atoms with Gasteiger partial charge in [-0.25, -0.2) is 18.1 Å². The fourth-order valence-electron chi connectivity index (χ4n) is 1.24. The van der Waals surface area contributed by atoms with E-state index in [9.17, 15) is 8.42 Å². The lowest BCUT2D eigenvalue weighted by molar-refractivity contribution is 0.601. The average molecular weight is 253 g/mol. The minimum Gasteiger partial charge on any atom is -0.330 e. The van der Waals surface area contributed by atoms with Crippen molar-refractivity contribution in [2.24, 2.45) is 5.84 Å². The molecule has 1 heterocycles. The number of hydrazine groups is 1. The van der Waals surface area contributed by atoms with Crippen LogP contribution in [0.1, 0.15) is 0 Å². The van der Waals surface area contributed by atoms with Crippen molar-refractivity contribution in [3.05, 3.63) is 36.7 Å². The Morgan fingerprint density at radius 1 is 1.24 bits per heavy atom. The molecule has 0 aliphatic heterocycles. The number of anilines is 2. The monoisotopic (exact) mass is 253 g/mol. The molecule has 0 amide bonds. The SMILES string of the molecule is NNc1ccc(S(=O)(=O)Nc2ncc[nH]2)cc1. The Balaban J connectivity index is 2.25. The van der Waals surface area contributed by atoms with Crippen LogP contribution in [-0.2, 0) is 10.0 Å². The van der Waals surface area contributed by atoms with Crippen LogP contribution in [0.15, 0.2) is 41.6 Å². The van der Waals surface area contributed by atoms with Gasteiger partial charge < -0.3 is 10.4 Å². The zero-order valence-electron chi connectivity index (χ0n) is 8.71. The van der Waals surface area contributed by atoms with Gasteiger partial charge in [0, 0.05) is 18.1 Å². The molecule has 2 aromatic rings. The highest BCUT2D eigenvalue weighted by Gasteiger charge is 2.14. The number of benzene rings is 1. The van der Waals surface area contributed by atoms with Gasteiger partial charge >= 0.3 is 0 Å². The molecule has 90 valence electrons. The maximum absolute atomic E-state index is 11.9. The van der Waals surface area contributed by atoms with Crippen LogP contribution in [-0.4, -0.2) is 18.4 Å². The average Bonchev–Trinajstić information content (AvgIpc) is 2.81. The number of nitrogens with one attached hydrogen (secondary N) is 3. The molecule has 0 saturated heterocycles. The Bertz CT molecular complexity index is 576. The highest BCUT2D eigenvalue weighted by Crippen LogP contribution is 2.15. The minimum atomic E-state index is -3.62. The topological polar surface area (TPSA) is 113 Å². The first-order valence-corrected chi connectivity index (χ1v) is 6.19. The molecule has 0 unspecified atom stereocenters. The Kier molecular flexibility index (Phi) is 2.98. The van der Waals surface area contributed by atoms with E-state index < -0.39 is 10.0 Å². The van der Waals surface area contributed by atoms with E-state index in [0.717, 1.165) is 0 Å². The van der Waals surface area contributed by atoms with E-state index >= 15 is 0 Å². The summed E-state index contributed by atoms with van der Waals surface area (Å²) in [4.78, 5) is 6.57. The molecule has 7 nitrogen and oxygen atoms in total. The third kappa shape index (κ3) is 2.55. The maximum Gasteiger partial charge on any atom is 0.264 e. The van der Waals surface area contributed by atoms with Crippen molar-refractivity contribution >= 4 is 21.7 Å². The second-order valence-electron chi connectivity index (χ2n) is 3.21. The number of nitrogen functional groups attached to an aromatic ring is 1. The van der Waals surface area contributed by atoms with Crippen molar-refractivity contribution in [2.75, 3.05) is 10.1 Å². The number of imidazole rings is 1. The summed E-state index contributed by atoms with van der Waals surface area (Å²) >= 11 is 0. The Morgan fingerprint density at radius 3 is 2.47 bits per heavy atom. The van der Waals surface area contributed by atoms with E-state index in [4.69, 9.17) is 5.84 Å². The highest BCUT2D eigenvalue weighted by molar-refractivity contribution is 7.92. The molecular formula is C9H11N5O2S. The molecule has 2 rings (SSSR count). The summed E-state index contributed by atoms with van der Waals surface area (Å²) < 4.78 is 26.1. The van der Waals surface area contributed by atoms with Crippen molar-refractivity contribution in [1.29, 1.82) is 0 Å². The van der Waals surface area contributed by atoms with Gasteiger partial charge in [-0.2, -0.15) is 0 Å². The quantitative estimate of drug-likeness (QED) is 0.468. The molecule has 1 aromatic heterocycles. The first-order valence-electron chi connectivity index (χ1n) is 4.71. The number of nitrogens with two attached hydrogens (primary N) is 1. The third-order valence-electron chi connectivity index (χ3n) is 2.06. The van der Waals surface area contributed by atoms with Crippen LogP contribution >= 0.6 is 0 Å². The number of rotatable bonds is 4. The molecule has 0 radical (unpaired) electrons. The van der Waals surface area contributed by atoms with Crippen LogP contribution < -0.4 is 16.0 Å². The lowest BCUT2D eigenvalue weighted by atomic mass is 10.3. The van der Waals surface area contributed by atoms with Gasteiger partial charge in [-0.05, 0) is 24.3 Å². The standard InChI is InChI=1S/C9H11N5O2S/c10-13-7-1-3-8(4-2-7)17(15,16)14-9-11-5-6-12-9/h1-6,13H,10H2,(H2,11,12,14). The van der Waals surface area contributed by atoms with Gasteiger partial charge in [-0.3, -0.25) is 5.84 Å². The van der Waals surface area contributed by atoms with Crippen LogP contribution in [0.2, 0.25) is 0 Å². The number of hydrogen-bond donors (Lipinski definition) is 4. The Hall–Kier alpha value is -2.06. The summed E-state index contributed by atoms with van der Waals surface area (Å²) in [5, 5.41) is 0. The number of nitrogens with zero attached hydrogens (tertiary/aromatic N) is 1. The van der Waals surface area contributed by atoms with E-state index in [1.54, 1.807) is 12.1 Å². The molecule has 0 atom stereocenters. The number of aromatic amines is 1. The predicted molar refractivity (Wildman–Crippen MR) is 63.6 cm³/mol. The number of aromatic nitrogens is 2. The zero-order chi connectivity index (χ0) is 12.3. The third-order valence-corrected chi connectivity index (χ3v) is 3.42. The van der Waals surface area contributed by atoms with Crippen LogP contribution in [0.25, 0.3) is 0 Å². The van der Waals surface area contributed by atoms with Gasteiger partial charge in [0.15, 0.2) is 0 Å².